The maximum atomic E-state index is 9.72. The zero-order valence-electron chi connectivity index (χ0n) is 9.35. The first kappa shape index (κ1) is 11.7. The van der Waals surface area contributed by atoms with Gasteiger partial charge >= 0.3 is 0 Å². The second-order valence-corrected chi connectivity index (χ2v) is 4.58. The number of H-pyrrole nitrogens is 1. The number of aliphatic hydroxyl groups excluding tert-OH is 2. The van der Waals surface area contributed by atoms with Gasteiger partial charge in [-0.05, 0) is 12.2 Å². The van der Waals surface area contributed by atoms with Crippen LogP contribution in [0.25, 0.3) is 11.2 Å². The Labute approximate surface area is 107 Å². The van der Waals surface area contributed by atoms with Gasteiger partial charge < -0.3 is 19.9 Å². The second kappa shape index (κ2) is 4.39. The van der Waals surface area contributed by atoms with E-state index < -0.39 is 12.2 Å². The molecule has 0 aromatic carbocycles. The standard InChI is InChI=1S/C10H12N4O3S/c15-3-7-6(16)1-8(17-7)14-4-12-5-2-11-10(18)13-9(5)14/h2,4,6-8,15-16H,1,3H2,(H,11,13,18)/t6-,7+,8+/m0/s1. The van der Waals surface area contributed by atoms with E-state index in [1.165, 1.54) is 0 Å². The number of nitrogens with one attached hydrogen (secondary N) is 1. The van der Waals surface area contributed by atoms with Crippen LogP contribution in [0, 0.1) is 4.77 Å². The Morgan fingerprint density at radius 1 is 1.56 bits per heavy atom. The molecule has 7 nitrogen and oxygen atoms in total. The number of aromatic nitrogens is 4. The van der Waals surface area contributed by atoms with Crippen LogP contribution in [0.2, 0.25) is 0 Å². The van der Waals surface area contributed by atoms with E-state index in [1.54, 1.807) is 17.1 Å². The third-order valence-electron chi connectivity index (χ3n) is 3.05. The molecule has 96 valence electrons. The average molecular weight is 268 g/mol. The third kappa shape index (κ3) is 1.83. The Morgan fingerprint density at radius 2 is 2.39 bits per heavy atom. The molecule has 1 aliphatic rings. The quantitative estimate of drug-likeness (QED) is 0.670. The van der Waals surface area contributed by atoms with E-state index in [0.717, 1.165) is 0 Å². The fraction of sp³-hybridized carbons (Fsp3) is 0.500. The van der Waals surface area contributed by atoms with Gasteiger partial charge in [-0.2, -0.15) is 0 Å². The van der Waals surface area contributed by atoms with Gasteiger partial charge in [0.25, 0.3) is 0 Å². The molecular weight excluding hydrogens is 256 g/mol. The lowest BCUT2D eigenvalue weighted by atomic mass is 10.2. The normalized spacial score (nSPS) is 28.0. The molecule has 8 heteroatoms. The predicted octanol–water partition coefficient (Wildman–Crippen LogP) is 0.130. The lowest BCUT2D eigenvalue weighted by Crippen LogP contribution is -2.24. The Morgan fingerprint density at radius 3 is 3.11 bits per heavy atom. The molecular formula is C10H12N4O3S. The van der Waals surface area contributed by atoms with Crippen LogP contribution >= 0.6 is 12.2 Å². The highest BCUT2D eigenvalue weighted by molar-refractivity contribution is 7.71. The Hall–Kier alpha value is -1.35. The van der Waals surface area contributed by atoms with Gasteiger partial charge in [0, 0.05) is 6.42 Å². The molecule has 0 spiro atoms. The van der Waals surface area contributed by atoms with Gasteiger partial charge in [-0.1, -0.05) is 0 Å². The van der Waals surface area contributed by atoms with Crippen molar-refractivity contribution < 1.29 is 14.9 Å². The van der Waals surface area contributed by atoms with Crippen LogP contribution in [0.15, 0.2) is 12.5 Å². The first-order valence-corrected chi connectivity index (χ1v) is 5.96. The number of aromatic amines is 1. The van der Waals surface area contributed by atoms with E-state index in [9.17, 15) is 5.11 Å². The first-order valence-electron chi connectivity index (χ1n) is 5.55. The summed E-state index contributed by atoms with van der Waals surface area (Å²) in [6, 6.07) is 0. The third-order valence-corrected chi connectivity index (χ3v) is 3.25. The van der Waals surface area contributed by atoms with E-state index in [4.69, 9.17) is 22.1 Å². The van der Waals surface area contributed by atoms with Crippen molar-refractivity contribution >= 4 is 23.4 Å². The Balaban J connectivity index is 2.00. The molecule has 2 aromatic rings. The zero-order valence-corrected chi connectivity index (χ0v) is 10.2. The van der Waals surface area contributed by atoms with E-state index in [-0.39, 0.29) is 12.8 Å². The van der Waals surface area contributed by atoms with Gasteiger partial charge in [-0.25, -0.2) is 9.97 Å². The van der Waals surface area contributed by atoms with E-state index in [2.05, 4.69) is 15.0 Å². The highest BCUT2D eigenvalue weighted by Crippen LogP contribution is 2.30. The Bertz CT molecular complexity index is 625. The topological polar surface area (TPSA) is 96.2 Å². The summed E-state index contributed by atoms with van der Waals surface area (Å²) < 4.78 is 7.68. The predicted molar refractivity (Wildman–Crippen MR) is 64.3 cm³/mol. The molecule has 1 saturated heterocycles. The van der Waals surface area contributed by atoms with Crippen LogP contribution in [0.1, 0.15) is 12.6 Å². The van der Waals surface area contributed by atoms with Crippen molar-refractivity contribution in [2.24, 2.45) is 0 Å². The van der Waals surface area contributed by atoms with Crippen molar-refractivity contribution in [3.05, 3.63) is 17.3 Å². The summed E-state index contributed by atoms with van der Waals surface area (Å²) in [4.78, 5) is 11.1. The van der Waals surface area contributed by atoms with Crippen LogP contribution in [-0.2, 0) is 4.74 Å². The summed E-state index contributed by atoms with van der Waals surface area (Å²) in [5.74, 6) is 0. The number of fused-ring (bicyclic) bond motifs is 1. The number of ether oxygens (including phenoxy) is 1. The van der Waals surface area contributed by atoms with Crippen molar-refractivity contribution in [3.63, 3.8) is 0 Å². The van der Waals surface area contributed by atoms with Crippen molar-refractivity contribution in [3.8, 4) is 0 Å². The monoisotopic (exact) mass is 268 g/mol. The molecule has 0 radical (unpaired) electrons. The van der Waals surface area contributed by atoms with Gasteiger partial charge in [0.05, 0.1) is 25.2 Å². The van der Waals surface area contributed by atoms with Gasteiger partial charge in [-0.15, -0.1) is 0 Å². The van der Waals surface area contributed by atoms with Gasteiger partial charge in [0.15, 0.2) is 4.77 Å². The highest BCUT2D eigenvalue weighted by Gasteiger charge is 2.35. The molecule has 0 saturated carbocycles. The minimum atomic E-state index is -0.678. The van der Waals surface area contributed by atoms with Gasteiger partial charge in [-0.3, -0.25) is 4.57 Å². The fourth-order valence-electron chi connectivity index (χ4n) is 2.12. The molecule has 2 aromatic heterocycles. The number of hydrogen-bond acceptors (Lipinski definition) is 6. The lowest BCUT2D eigenvalue weighted by molar-refractivity contribution is -0.0432. The molecule has 3 rings (SSSR count). The van der Waals surface area contributed by atoms with Gasteiger partial charge in [0.2, 0.25) is 0 Å². The van der Waals surface area contributed by atoms with Gasteiger partial charge in [0.1, 0.15) is 23.5 Å². The smallest absolute Gasteiger partial charge is 0.198 e. The van der Waals surface area contributed by atoms with Crippen molar-refractivity contribution in [2.75, 3.05) is 6.61 Å². The summed E-state index contributed by atoms with van der Waals surface area (Å²) >= 11 is 4.97. The highest BCUT2D eigenvalue weighted by atomic mass is 32.1. The SMILES string of the molecule is OC[C@H]1O[C@@H](n2cnc3cnc(=S)[nH]c32)C[C@@H]1O. The van der Waals surface area contributed by atoms with Crippen molar-refractivity contribution in [2.45, 2.75) is 24.9 Å². The number of imidazole rings is 1. The first-order chi connectivity index (χ1) is 8.69. The molecule has 3 atom stereocenters. The molecule has 18 heavy (non-hydrogen) atoms. The number of aliphatic hydroxyl groups is 2. The summed E-state index contributed by atoms with van der Waals surface area (Å²) in [7, 11) is 0. The summed E-state index contributed by atoms with van der Waals surface area (Å²) in [6.45, 7) is -0.206. The minimum absolute atomic E-state index is 0.206. The van der Waals surface area contributed by atoms with Crippen LogP contribution in [-0.4, -0.2) is 48.5 Å². The zero-order chi connectivity index (χ0) is 12.7. The summed E-state index contributed by atoms with van der Waals surface area (Å²) in [6.07, 6.45) is 1.99. The molecule has 0 amide bonds. The summed E-state index contributed by atoms with van der Waals surface area (Å²) in [5.41, 5.74) is 1.37. The minimum Gasteiger partial charge on any atom is -0.394 e. The summed E-state index contributed by atoms with van der Waals surface area (Å²) in [5, 5.41) is 18.8. The molecule has 3 N–H and O–H groups in total. The molecule has 3 heterocycles. The maximum Gasteiger partial charge on any atom is 0.198 e. The van der Waals surface area contributed by atoms with E-state index in [0.29, 0.717) is 22.4 Å². The van der Waals surface area contributed by atoms with Crippen LogP contribution in [0.4, 0.5) is 0 Å². The largest absolute Gasteiger partial charge is 0.394 e. The number of rotatable bonds is 2. The Kier molecular flexibility index (Phi) is 2.86. The molecule has 1 aliphatic heterocycles. The maximum absolute atomic E-state index is 9.72. The van der Waals surface area contributed by atoms with E-state index in [1.807, 2.05) is 0 Å². The molecule has 0 aliphatic carbocycles. The number of hydrogen-bond donors (Lipinski definition) is 3. The molecule has 0 unspecified atom stereocenters. The van der Waals surface area contributed by atoms with Crippen molar-refractivity contribution in [1.29, 1.82) is 0 Å². The fourth-order valence-corrected chi connectivity index (χ4v) is 2.27. The molecule has 1 fully saturated rings. The van der Waals surface area contributed by atoms with Crippen LogP contribution in [0.5, 0.6) is 0 Å². The van der Waals surface area contributed by atoms with E-state index >= 15 is 0 Å². The lowest BCUT2D eigenvalue weighted by Gasteiger charge is -2.13. The average Bonchev–Trinajstić information content (AvgIpc) is 2.91. The van der Waals surface area contributed by atoms with Crippen LogP contribution in [0.3, 0.4) is 0 Å². The van der Waals surface area contributed by atoms with Crippen molar-refractivity contribution in [1.82, 2.24) is 19.5 Å². The van der Waals surface area contributed by atoms with Crippen LogP contribution < -0.4 is 0 Å². The number of nitrogens with zero attached hydrogens (tertiary/aromatic N) is 3. The second-order valence-electron chi connectivity index (χ2n) is 4.19. The molecule has 0 bridgehead atoms.